The van der Waals surface area contributed by atoms with Crippen LogP contribution < -0.4 is 10.5 Å². The van der Waals surface area contributed by atoms with E-state index in [1.165, 1.54) is 6.07 Å². The second kappa shape index (κ2) is 4.75. The van der Waals surface area contributed by atoms with E-state index in [0.717, 1.165) is 24.3 Å². The largest absolute Gasteiger partial charge is 0.437 e. The van der Waals surface area contributed by atoms with Crippen LogP contribution in [-0.2, 0) is 6.18 Å². The van der Waals surface area contributed by atoms with Gasteiger partial charge in [0.2, 0.25) is 5.88 Å². The number of rotatable bonds is 2. The molecule has 0 radical (unpaired) electrons. The van der Waals surface area contributed by atoms with Crippen LogP contribution in [0.25, 0.3) is 0 Å². The molecule has 2 aromatic rings. The maximum atomic E-state index is 13.0. The fraction of sp³-hybridized carbons (Fsp3) is 0.0833. The van der Waals surface area contributed by atoms with Gasteiger partial charge in [-0.15, -0.1) is 0 Å². The number of nitrogen functional groups attached to an aromatic ring is 1. The number of pyridine rings is 1. The Morgan fingerprint density at radius 3 is 2.42 bits per heavy atom. The van der Waals surface area contributed by atoms with E-state index in [1.54, 1.807) is 0 Å². The molecule has 0 saturated carbocycles. The van der Waals surface area contributed by atoms with Crippen LogP contribution in [0.5, 0.6) is 11.6 Å². The minimum atomic E-state index is -4.47. The molecule has 0 atom stereocenters. The van der Waals surface area contributed by atoms with Gasteiger partial charge in [0.05, 0.1) is 11.3 Å². The Kier molecular flexibility index (Phi) is 3.28. The third-order valence-corrected chi connectivity index (χ3v) is 2.25. The zero-order chi connectivity index (χ0) is 14.0. The zero-order valence-corrected chi connectivity index (χ0v) is 9.41. The molecule has 100 valence electrons. The molecule has 0 saturated heterocycles. The van der Waals surface area contributed by atoms with Crippen molar-refractivity contribution in [2.45, 2.75) is 6.18 Å². The summed E-state index contributed by atoms with van der Waals surface area (Å²) in [4.78, 5) is 3.49. The second-order valence-electron chi connectivity index (χ2n) is 3.67. The summed E-state index contributed by atoms with van der Waals surface area (Å²) in [5, 5.41) is 0. The molecule has 0 aliphatic carbocycles. The Labute approximate surface area is 105 Å². The van der Waals surface area contributed by atoms with Crippen molar-refractivity contribution in [2.75, 3.05) is 5.73 Å². The van der Waals surface area contributed by atoms with Gasteiger partial charge in [-0.1, -0.05) is 0 Å². The topological polar surface area (TPSA) is 48.1 Å². The molecule has 1 heterocycles. The monoisotopic (exact) mass is 272 g/mol. The van der Waals surface area contributed by atoms with Crippen LogP contribution in [0.3, 0.4) is 0 Å². The van der Waals surface area contributed by atoms with E-state index in [1.807, 2.05) is 0 Å². The molecule has 19 heavy (non-hydrogen) atoms. The predicted octanol–water partition coefficient (Wildman–Crippen LogP) is 3.61. The third-order valence-electron chi connectivity index (χ3n) is 2.25. The molecule has 7 heteroatoms. The average molecular weight is 272 g/mol. The first-order valence-corrected chi connectivity index (χ1v) is 5.12. The Hall–Kier alpha value is -2.31. The van der Waals surface area contributed by atoms with Crippen molar-refractivity contribution in [3.8, 4) is 11.6 Å². The molecule has 1 aromatic carbocycles. The number of alkyl halides is 3. The molecule has 3 nitrogen and oxygen atoms in total. The van der Waals surface area contributed by atoms with Crippen LogP contribution in [0.4, 0.5) is 23.2 Å². The summed E-state index contributed by atoms with van der Waals surface area (Å²) in [6, 6.07) is 5.30. The van der Waals surface area contributed by atoms with Crippen molar-refractivity contribution < 1.29 is 22.3 Å². The molecule has 2 rings (SSSR count). The molecule has 0 bridgehead atoms. The molecule has 0 aliphatic rings. The average Bonchev–Trinajstić information content (AvgIpc) is 2.33. The lowest BCUT2D eigenvalue weighted by Gasteiger charge is -2.09. The Balaban J connectivity index is 2.22. The van der Waals surface area contributed by atoms with Gasteiger partial charge in [0.1, 0.15) is 5.82 Å². The number of hydrogen-bond donors (Lipinski definition) is 1. The van der Waals surface area contributed by atoms with E-state index in [9.17, 15) is 17.6 Å². The number of halogens is 4. The van der Waals surface area contributed by atoms with Gasteiger partial charge in [-0.2, -0.15) is 13.2 Å². The first kappa shape index (κ1) is 13.1. The summed E-state index contributed by atoms with van der Waals surface area (Å²) >= 11 is 0. The lowest BCUT2D eigenvalue weighted by molar-refractivity contribution is -0.137. The van der Waals surface area contributed by atoms with Gasteiger partial charge in [-0.3, -0.25) is 0 Å². The predicted molar refractivity (Wildman–Crippen MR) is 60.1 cm³/mol. The van der Waals surface area contributed by atoms with Gasteiger partial charge in [-0.25, -0.2) is 9.37 Å². The molecule has 0 spiro atoms. The number of ether oxygens (including phenoxy) is 1. The SMILES string of the molecule is Nc1ccc(F)cc1Oc1ccc(C(F)(F)F)cn1. The van der Waals surface area contributed by atoms with Gasteiger partial charge >= 0.3 is 6.18 Å². The minimum absolute atomic E-state index is 0.00717. The van der Waals surface area contributed by atoms with Crippen molar-refractivity contribution in [3.05, 3.63) is 47.9 Å². The van der Waals surface area contributed by atoms with Gasteiger partial charge in [0, 0.05) is 18.3 Å². The summed E-state index contributed by atoms with van der Waals surface area (Å²) in [6.45, 7) is 0. The number of benzene rings is 1. The number of nitrogens with two attached hydrogens (primary N) is 1. The quantitative estimate of drug-likeness (QED) is 0.671. The smallest absolute Gasteiger partial charge is 0.417 e. The maximum Gasteiger partial charge on any atom is 0.417 e. The van der Waals surface area contributed by atoms with Crippen LogP contribution in [0.2, 0.25) is 0 Å². The summed E-state index contributed by atoms with van der Waals surface area (Å²) in [5.41, 5.74) is 4.80. The van der Waals surface area contributed by atoms with Gasteiger partial charge in [-0.05, 0) is 18.2 Å². The van der Waals surface area contributed by atoms with Gasteiger partial charge in [0.25, 0.3) is 0 Å². The summed E-state index contributed by atoms with van der Waals surface area (Å²) in [7, 11) is 0. The highest BCUT2D eigenvalue weighted by molar-refractivity contribution is 5.53. The van der Waals surface area contributed by atoms with Crippen LogP contribution in [0.15, 0.2) is 36.5 Å². The maximum absolute atomic E-state index is 13.0. The van der Waals surface area contributed by atoms with Crippen molar-refractivity contribution in [1.82, 2.24) is 4.98 Å². The van der Waals surface area contributed by atoms with Crippen LogP contribution >= 0.6 is 0 Å². The first-order chi connectivity index (χ1) is 8.86. The van der Waals surface area contributed by atoms with E-state index < -0.39 is 17.6 Å². The number of hydrogen-bond acceptors (Lipinski definition) is 3. The van der Waals surface area contributed by atoms with Gasteiger partial charge in [0.15, 0.2) is 5.75 Å². The van der Waals surface area contributed by atoms with Crippen molar-refractivity contribution >= 4 is 5.69 Å². The summed E-state index contributed by atoms with van der Waals surface area (Å²) in [6.07, 6.45) is -3.84. The fourth-order valence-electron chi connectivity index (χ4n) is 1.32. The standard InChI is InChI=1S/C12H8F4N2O/c13-8-2-3-9(17)10(5-8)19-11-4-1-7(6-18-11)12(14,15)16/h1-6H,17H2. The van der Waals surface area contributed by atoms with E-state index in [4.69, 9.17) is 10.5 Å². The van der Waals surface area contributed by atoms with E-state index in [-0.39, 0.29) is 17.3 Å². The van der Waals surface area contributed by atoms with Crippen molar-refractivity contribution in [2.24, 2.45) is 0 Å². The van der Waals surface area contributed by atoms with Crippen molar-refractivity contribution in [3.63, 3.8) is 0 Å². The molecule has 1 aromatic heterocycles. The van der Waals surface area contributed by atoms with Crippen LogP contribution in [0.1, 0.15) is 5.56 Å². The lowest BCUT2D eigenvalue weighted by atomic mass is 10.3. The zero-order valence-electron chi connectivity index (χ0n) is 9.41. The fourth-order valence-corrected chi connectivity index (χ4v) is 1.32. The number of aromatic nitrogens is 1. The van der Waals surface area contributed by atoms with Gasteiger partial charge < -0.3 is 10.5 Å². The van der Waals surface area contributed by atoms with E-state index in [2.05, 4.69) is 4.98 Å². The number of anilines is 1. The highest BCUT2D eigenvalue weighted by atomic mass is 19.4. The summed E-state index contributed by atoms with van der Waals surface area (Å²) < 4.78 is 55.0. The molecule has 0 fully saturated rings. The highest BCUT2D eigenvalue weighted by Crippen LogP contribution is 2.31. The Bertz CT molecular complexity index is 581. The minimum Gasteiger partial charge on any atom is -0.437 e. The molecule has 0 amide bonds. The van der Waals surface area contributed by atoms with Crippen LogP contribution in [0, 0.1) is 5.82 Å². The van der Waals surface area contributed by atoms with Crippen LogP contribution in [-0.4, -0.2) is 4.98 Å². The normalized spacial score (nSPS) is 11.4. The Morgan fingerprint density at radius 1 is 1.11 bits per heavy atom. The summed E-state index contributed by atoms with van der Waals surface area (Å²) in [5.74, 6) is -0.686. The molecule has 0 unspecified atom stereocenters. The second-order valence-corrected chi connectivity index (χ2v) is 3.67. The molecule has 2 N–H and O–H groups in total. The third kappa shape index (κ3) is 3.12. The Morgan fingerprint density at radius 2 is 1.84 bits per heavy atom. The van der Waals surface area contributed by atoms with Crippen molar-refractivity contribution in [1.29, 1.82) is 0 Å². The van der Waals surface area contributed by atoms with E-state index >= 15 is 0 Å². The highest BCUT2D eigenvalue weighted by Gasteiger charge is 2.30. The molecular weight excluding hydrogens is 264 g/mol. The molecular formula is C12H8F4N2O. The van der Waals surface area contributed by atoms with E-state index in [0.29, 0.717) is 6.20 Å². The number of nitrogens with zero attached hydrogens (tertiary/aromatic N) is 1. The molecule has 0 aliphatic heterocycles. The first-order valence-electron chi connectivity index (χ1n) is 5.12. The lowest BCUT2D eigenvalue weighted by Crippen LogP contribution is -2.05.